The first-order valence-electron chi connectivity index (χ1n) is 7.94. The maximum Gasteiger partial charge on any atom is 0.280 e. The van der Waals surface area contributed by atoms with E-state index in [0.29, 0.717) is 23.0 Å². The van der Waals surface area contributed by atoms with Crippen molar-refractivity contribution in [2.45, 2.75) is 0 Å². The van der Waals surface area contributed by atoms with Gasteiger partial charge in [-0.15, -0.1) is 0 Å². The fourth-order valence-corrected chi connectivity index (χ4v) is 3.04. The molecule has 4 aromatic rings. The largest absolute Gasteiger partial charge is 0.454 e. The van der Waals surface area contributed by atoms with E-state index >= 15 is 0 Å². The van der Waals surface area contributed by atoms with E-state index in [9.17, 15) is 4.79 Å². The molecule has 0 spiro atoms. The van der Waals surface area contributed by atoms with Crippen LogP contribution in [0.15, 0.2) is 53.3 Å². The van der Waals surface area contributed by atoms with Gasteiger partial charge in [0.05, 0.1) is 0 Å². The summed E-state index contributed by atoms with van der Waals surface area (Å²) in [4.78, 5) is 23.6. The van der Waals surface area contributed by atoms with Crippen LogP contribution in [0.3, 0.4) is 0 Å². The summed E-state index contributed by atoms with van der Waals surface area (Å²) >= 11 is 0. The summed E-state index contributed by atoms with van der Waals surface area (Å²) in [6.45, 7) is 0.186. The van der Waals surface area contributed by atoms with Crippen LogP contribution in [-0.2, 0) is 0 Å². The summed E-state index contributed by atoms with van der Waals surface area (Å²) in [7, 11) is 0. The zero-order chi connectivity index (χ0) is 17.7. The topological polar surface area (TPSA) is 108 Å². The molecule has 3 N–H and O–H groups in total. The van der Waals surface area contributed by atoms with Crippen molar-refractivity contribution in [1.29, 1.82) is 0 Å². The molecule has 8 nitrogen and oxygen atoms in total. The number of nitrogens with one attached hydrogen (secondary N) is 1. The highest BCUT2D eigenvalue weighted by Gasteiger charge is 2.21. The number of imidazole rings is 1. The lowest BCUT2D eigenvalue weighted by Gasteiger charge is -2.09. The minimum atomic E-state index is -0.385. The normalized spacial score (nSPS) is 12.6. The molecule has 0 fully saturated rings. The molecule has 0 unspecified atom stereocenters. The third-order valence-electron chi connectivity index (χ3n) is 4.18. The molecule has 1 aliphatic heterocycles. The molecule has 8 heteroatoms. The number of fused-ring (bicyclic) bond motifs is 2. The molecule has 0 atom stereocenters. The van der Waals surface area contributed by atoms with Crippen molar-refractivity contribution in [2.75, 3.05) is 12.5 Å². The number of hydrogen-bond donors (Lipinski definition) is 2. The van der Waals surface area contributed by atoms with Crippen molar-refractivity contribution in [3.8, 4) is 28.6 Å². The molecular formula is C18H13N5O3. The van der Waals surface area contributed by atoms with E-state index in [-0.39, 0.29) is 23.8 Å². The smallest absolute Gasteiger partial charge is 0.280 e. The van der Waals surface area contributed by atoms with Crippen LogP contribution in [0.1, 0.15) is 0 Å². The lowest BCUT2D eigenvalue weighted by Crippen LogP contribution is -2.12. The zero-order valence-corrected chi connectivity index (χ0v) is 13.5. The van der Waals surface area contributed by atoms with Gasteiger partial charge in [0.1, 0.15) is 5.82 Å². The number of nitrogens with two attached hydrogens (primary N) is 1. The summed E-state index contributed by atoms with van der Waals surface area (Å²) in [5, 5.41) is 0. The minimum Gasteiger partial charge on any atom is -0.454 e. The van der Waals surface area contributed by atoms with E-state index in [1.165, 1.54) is 0 Å². The molecule has 2 aromatic heterocycles. The summed E-state index contributed by atoms with van der Waals surface area (Å²) in [5.41, 5.74) is 7.57. The van der Waals surface area contributed by atoms with E-state index in [2.05, 4.69) is 15.0 Å². The van der Waals surface area contributed by atoms with Crippen molar-refractivity contribution in [1.82, 2.24) is 19.5 Å². The summed E-state index contributed by atoms with van der Waals surface area (Å²) in [5.74, 6) is 1.91. The highest BCUT2D eigenvalue weighted by Crippen LogP contribution is 2.36. The lowest BCUT2D eigenvalue weighted by atomic mass is 10.2. The Hall–Kier alpha value is -3.81. The lowest BCUT2D eigenvalue weighted by molar-refractivity contribution is 0.174. The van der Waals surface area contributed by atoms with Gasteiger partial charge in [-0.05, 0) is 30.3 Å². The molecule has 1 aliphatic rings. The molecule has 0 saturated heterocycles. The number of benzene rings is 2. The Morgan fingerprint density at radius 1 is 1.04 bits per heavy atom. The highest BCUT2D eigenvalue weighted by atomic mass is 16.7. The second-order valence-electron chi connectivity index (χ2n) is 5.80. The van der Waals surface area contributed by atoms with Gasteiger partial charge < -0.3 is 15.2 Å². The second kappa shape index (κ2) is 5.35. The van der Waals surface area contributed by atoms with Crippen LogP contribution >= 0.6 is 0 Å². The number of para-hydroxylation sites is 1. The molecule has 0 bridgehead atoms. The van der Waals surface area contributed by atoms with Crippen molar-refractivity contribution in [3.05, 3.63) is 58.9 Å². The number of ether oxygens (including phenoxy) is 2. The van der Waals surface area contributed by atoms with Crippen LogP contribution in [0, 0.1) is 0 Å². The van der Waals surface area contributed by atoms with E-state index in [1.807, 2.05) is 48.5 Å². The molecule has 0 radical (unpaired) electrons. The fraction of sp³-hybridized carbons (Fsp3) is 0.0556. The molecular weight excluding hydrogens is 334 g/mol. The van der Waals surface area contributed by atoms with Crippen LogP contribution in [0.5, 0.6) is 11.5 Å². The van der Waals surface area contributed by atoms with Gasteiger partial charge in [-0.2, -0.15) is 4.98 Å². The van der Waals surface area contributed by atoms with E-state index in [1.54, 1.807) is 4.57 Å². The van der Waals surface area contributed by atoms with Crippen molar-refractivity contribution in [2.24, 2.45) is 0 Å². The van der Waals surface area contributed by atoms with Crippen LogP contribution in [0.25, 0.3) is 28.2 Å². The maximum absolute atomic E-state index is 12.3. The van der Waals surface area contributed by atoms with Crippen LogP contribution in [0.4, 0.5) is 5.95 Å². The Kier molecular flexibility index (Phi) is 2.99. The van der Waals surface area contributed by atoms with E-state index < -0.39 is 0 Å². The molecule has 26 heavy (non-hydrogen) atoms. The van der Waals surface area contributed by atoms with Gasteiger partial charge in [0.15, 0.2) is 22.7 Å². The first-order chi connectivity index (χ1) is 12.7. The highest BCUT2D eigenvalue weighted by molar-refractivity contribution is 5.80. The molecule has 5 rings (SSSR count). The average molecular weight is 347 g/mol. The number of anilines is 1. The van der Waals surface area contributed by atoms with Gasteiger partial charge in [-0.1, -0.05) is 18.2 Å². The maximum atomic E-state index is 12.3. The Balaban J connectivity index is 1.85. The molecule has 128 valence electrons. The number of nitrogens with zero attached hydrogens (tertiary/aromatic N) is 3. The SMILES string of the molecule is Nc1nc2c(nc(-c3ccc4c(c3)OCO4)n2-c2ccccc2)c(=O)[nH]1. The predicted octanol–water partition coefficient (Wildman–Crippen LogP) is 2.09. The molecule has 0 aliphatic carbocycles. The number of aromatic amines is 1. The molecule has 2 aromatic carbocycles. The van der Waals surface area contributed by atoms with Gasteiger partial charge >= 0.3 is 0 Å². The van der Waals surface area contributed by atoms with Gasteiger partial charge in [0.2, 0.25) is 12.7 Å². The van der Waals surface area contributed by atoms with Crippen molar-refractivity contribution in [3.63, 3.8) is 0 Å². The number of rotatable bonds is 2. The third kappa shape index (κ3) is 2.12. The first kappa shape index (κ1) is 14.5. The Morgan fingerprint density at radius 3 is 2.69 bits per heavy atom. The van der Waals surface area contributed by atoms with Gasteiger partial charge in [0, 0.05) is 11.3 Å². The monoisotopic (exact) mass is 347 g/mol. The number of aromatic nitrogens is 4. The second-order valence-corrected chi connectivity index (χ2v) is 5.80. The number of nitrogen functional groups attached to an aromatic ring is 1. The van der Waals surface area contributed by atoms with Gasteiger partial charge in [-0.25, -0.2) is 4.98 Å². The van der Waals surface area contributed by atoms with E-state index in [4.69, 9.17) is 15.2 Å². The Bertz CT molecular complexity index is 1200. The van der Waals surface area contributed by atoms with Crippen molar-refractivity contribution >= 4 is 17.1 Å². The van der Waals surface area contributed by atoms with Crippen LogP contribution in [0.2, 0.25) is 0 Å². The van der Waals surface area contributed by atoms with Crippen LogP contribution in [-0.4, -0.2) is 26.3 Å². The van der Waals surface area contributed by atoms with Crippen molar-refractivity contribution < 1.29 is 9.47 Å². The number of H-pyrrole nitrogens is 1. The Morgan fingerprint density at radius 2 is 1.85 bits per heavy atom. The first-order valence-corrected chi connectivity index (χ1v) is 7.94. The number of hydrogen-bond acceptors (Lipinski definition) is 6. The molecule has 0 amide bonds. The fourth-order valence-electron chi connectivity index (χ4n) is 3.04. The quantitative estimate of drug-likeness (QED) is 0.575. The van der Waals surface area contributed by atoms with Gasteiger partial charge in [0.25, 0.3) is 5.56 Å². The van der Waals surface area contributed by atoms with E-state index in [0.717, 1.165) is 11.3 Å². The Labute approximate surface area is 146 Å². The molecule has 0 saturated carbocycles. The molecule has 3 heterocycles. The zero-order valence-electron chi connectivity index (χ0n) is 13.5. The average Bonchev–Trinajstić information content (AvgIpc) is 3.26. The third-order valence-corrected chi connectivity index (χ3v) is 4.18. The van der Waals surface area contributed by atoms with Crippen LogP contribution < -0.4 is 20.8 Å². The minimum absolute atomic E-state index is 0.0387. The standard InChI is InChI=1S/C18H13N5O3/c19-18-21-16-14(17(24)22-18)20-15(23(16)11-4-2-1-3-5-11)10-6-7-12-13(8-10)26-9-25-12/h1-8H,9H2,(H3,19,21,22,24). The predicted molar refractivity (Wildman–Crippen MR) is 95.5 cm³/mol. The summed E-state index contributed by atoms with van der Waals surface area (Å²) in [6, 6.07) is 15.1. The summed E-state index contributed by atoms with van der Waals surface area (Å²) < 4.78 is 12.6. The van der Waals surface area contributed by atoms with Gasteiger partial charge in [-0.3, -0.25) is 14.3 Å². The summed E-state index contributed by atoms with van der Waals surface area (Å²) in [6.07, 6.45) is 0.